The predicted octanol–water partition coefficient (Wildman–Crippen LogP) is 3.30. The zero-order valence-corrected chi connectivity index (χ0v) is 13.1. The number of carbonyl (C=O) groups excluding carboxylic acids is 1. The molecule has 0 atom stereocenters. The van der Waals surface area contributed by atoms with Crippen molar-refractivity contribution in [1.82, 2.24) is 5.32 Å². The molecule has 0 aromatic heterocycles. The van der Waals surface area contributed by atoms with Gasteiger partial charge in [0.2, 0.25) is 5.91 Å². The molecule has 2 N–H and O–H groups in total. The van der Waals surface area contributed by atoms with E-state index in [0.717, 1.165) is 11.1 Å². The van der Waals surface area contributed by atoms with Gasteiger partial charge in [0.1, 0.15) is 0 Å². The molecule has 2 rings (SSSR count). The highest BCUT2D eigenvalue weighted by Crippen LogP contribution is 2.26. The molecule has 0 aliphatic heterocycles. The highest BCUT2D eigenvalue weighted by Gasteiger charge is 2.05. The lowest BCUT2D eigenvalue weighted by Gasteiger charge is -2.08. The maximum absolute atomic E-state index is 11.9. The minimum atomic E-state index is -0.0259. The van der Waals surface area contributed by atoms with Gasteiger partial charge in [-0.3, -0.25) is 4.79 Å². The maximum Gasteiger partial charge on any atom is 0.220 e. The van der Waals surface area contributed by atoms with Gasteiger partial charge in [-0.2, -0.15) is 0 Å². The van der Waals surface area contributed by atoms with Gasteiger partial charge in [-0.1, -0.05) is 29.8 Å². The molecule has 0 aliphatic rings. The van der Waals surface area contributed by atoms with Gasteiger partial charge in [0, 0.05) is 18.0 Å². The fourth-order valence-corrected chi connectivity index (χ4v) is 2.16. The molecular formula is C17H18ClNO3. The molecule has 0 radical (unpaired) electrons. The number of hydrogen-bond acceptors (Lipinski definition) is 3. The van der Waals surface area contributed by atoms with Gasteiger partial charge in [-0.15, -0.1) is 0 Å². The summed E-state index contributed by atoms with van der Waals surface area (Å²) in [5, 5.41) is 13.1. The van der Waals surface area contributed by atoms with Crippen LogP contribution in [0, 0.1) is 0 Å². The molecular weight excluding hydrogens is 302 g/mol. The number of rotatable bonds is 6. The normalized spacial score (nSPS) is 10.3. The second-order valence-electron chi connectivity index (χ2n) is 4.91. The number of nitrogens with one attached hydrogen (secondary N) is 1. The third kappa shape index (κ3) is 4.67. The number of aromatic hydroxyl groups is 1. The van der Waals surface area contributed by atoms with Gasteiger partial charge in [0.05, 0.1) is 7.11 Å². The number of benzene rings is 2. The minimum absolute atomic E-state index is 0.0259. The SMILES string of the molecule is COc1cc(CNC(=O)CCc2ccc(Cl)cc2)ccc1O. The Bertz CT molecular complexity index is 641. The third-order valence-corrected chi connectivity index (χ3v) is 3.54. The Hall–Kier alpha value is -2.20. The number of amides is 1. The van der Waals surface area contributed by atoms with Crippen molar-refractivity contribution in [3.05, 3.63) is 58.6 Å². The number of phenolic OH excluding ortho intramolecular Hbond substituents is 1. The summed E-state index contributed by atoms with van der Waals surface area (Å²) >= 11 is 5.82. The van der Waals surface area contributed by atoms with Crippen LogP contribution in [0.25, 0.3) is 0 Å². The van der Waals surface area contributed by atoms with Crippen molar-refractivity contribution in [2.75, 3.05) is 7.11 Å². The summed E-state index contributed by atoms with van der Waals surface area (Å²) in [6, 6.07) is 12.5. The smallest absolute Gasteiger partial charge is 0.220 e. The van der Waals surface area contributed by atoms with Crippen LogP contribution in [0.1, 0.15) is 17.5 Å². The van der Waals surface area contributed by atoms with Crippen LogP contribution in [0.15, 0.2) is 42.5 Å². The van der Waals surface area contributed by atoms with Crippen molar-refractivity contribution in [1.29, 1.82) is 0 Å². The van der Waals surface area contributed by atoms with Crippen LogP contribution in [-0.4, -0.2) is 18.1 Å². The molecule has 0 saturated carbocycles. The first-order valence-corrected chi connectivity index (χ1v) is 7.33. The Balaban J connectivity index is 1.81. The Morgan fingerprint density at radius 1 is 1.18 bits per heavy atom. The van der Waals surface area contributed by atoms with Gasteiger partial charge >= 0.3 is 0 Å². The molecule has 0 fully saturated rings. The van der Waals surface area contributed by atoms with Crippen LogP contribution >= 0.6 is 11.6 Å². The summed E-state index contributed by atoms with van der Waals surface area (Å²) in [5.74, 6) is 0.454. The summed E-state index contributed by atoms with van der Waals surface area (Å²) in [7, 11) is 1.49. The van der Waals surface area contributed by atoms with E-state index in [4.69, 9.17) is 16.3 Å². The van der Waals surface area contributed by atoms with Crippen LogP contribution in [0.3, 0.4) is 0 Å². The van der Waals surface area contributed by atoms with Crippen LogP contribution in [-0.2, 0) is 17.8 Å². The Morgan fingerprint density at radius 3 is 2.55 bits per heavy atom. The summed E-state index contributed by atoms with van der Waals surface area (Å²) in [6.45, 7) is 0.399. The van der Waals surface area contributed by atoms with Crippen molar-refractivity contribution < 1.29 is 14.6 Å². The van der Waals surface area contributed by atoms with E-state index in [1.165, 1.54) is 7.11 Å². The summed E-state index contributed by atoms with van der Waals surface area (Å²) < 4.78 is 5.03. The lowest BCUT2D eigenvalue weighted by molar-refractivity contribution is -0.121. The van der Waals surface area contributed by atoms with Crippen LogP contribution in [0.2, 0.25) is 5.02 Å². The van der Waals surface area contributed by atoms with E-state index in [-0.39, 0.29) is 11.7 Å². The summed E-state index contributed by atoms with van der Waals surface area (Å²) in [6.07, 6.45) is 1.08. The Morgan fingerprint density at radius 2 is 1.86 bits per heavy atom. The van der Waals surface area contributed by atoms with E-state index >= 15 is 0 Å². The van der Waals surface area contributed by atoms with Gasteiger partial charge < -0.3 is 15.2 Å². The molecule has 116 valence electrons. The van der Waals surface area contributed by atoms with E-state index in [1.54, 1.807) is 18.2 Å². The monoisotopic (exact) mass is 319 g/mol. The van der Waals surface area contributed by atoms with Crippen molar-refractivity contribution in [2.24, 2.45) is 0 Å². The standard InChI is InChI=1S/C17H18ClNO3/c1-22-16-10-13(4-8-15(16)20)11-19-17(21)9-5-12-2-6-14(18)7-3-12/h2-4,6-8,10,20H,5,9,11H2,1H3,(H,19,21). The lowest BCUT2D eigenvalue weighted by atomic mass is 10.1. The first kappa shape index (κ1) is 16.2. The van der Waals surface area contributed by atoms with Gasteiger partial charge in [-0.05, 0) is 41.8 Å². The second kappa shape index (κ2) is 7.71. The predicted molar refractivity (Wildman–Crippen MR) is 86.3 cm³/mol. The van der Waals surface area contributed by atoms with Gasteiger partial charge in [0.15, 0.2) is 11.5 Å². The molecule has 0 saturated heterocycles. The molecule has 0 spiro atoms. The first-order valence-electron chi connectivity index (χ1n) is 6.95. The molecule has 0 unspecified atom stereocenters. The number of ether oxygens (including phenoxy) is 1. The van der Waals surface area contributed by atoms with E-state index in [1.807, 2.05) is 24.3 Å². The molecule has 1 amide bonds. The van der Waals surface area contributed by atoms with Crippen LogP contribution in [0.5, 0.6) is 11.5 Å². The summed E-state index contributed by atoms with van der Waals surface area (Å²) in [5.41, 5.74) is 1.94. The molecule has 2 aromatic rings. The lowest BCUT2D eigenvalue weighted by Crippen LogP contribution is -2.23. The number of carbonyl (C=O) groups is 1. The molecule has 0 bridgehead atoms. The van der Waals surface area contributed by atoms with Crippen LogP contribution in [0.4, 0.5) is 0 Å². The highest BCUT2D eigenvalue weighted by molar-refractivity contribution is 6.30. The van der Waals surface area contributed by atoms with E-state index < -0.39 is 0 Å². The third-order valence-electron chi connectivity index (χ3n) is 3.29. The first-order chi connectivity index (χ1) is 10.6. The van der Waals surface area contributed by atoms with Crippen LogP contribution < -0.4 is 10.1 Å². The fraction of sp³-hybridized carbons (Fsp3) is 0.235. The summed E-state index contributed by atoms with van der Waals surface area (Å²) in [4.78, 5) is 11.9. The Kier molecular flexibility index (Phi) is 5.67. The molecule has 5 heteroatoms. The number of hydrogen-bond donors (Lipinski definition) is 2. The highest BCUT2D eigenvalue weighted by atomic mass is 35.5. The minimum Gasteiger partial charge on any atom is -0.504 e. The number of halogens is 1. The molecule has 0 heterocycles. The average Bonchev–Trinajstić information content (AvgIpc) is 2.53. The maximum atomic E-state index is 11.9. The quantitative estimate of drug-likeness (QED) is 0.859. The van der Waals surface area contributed by atoms with Crippen molar-refractivity contribution >= 4 is 17.5 Å². The van der Waals surface area contributed by atoms with E-state index in [9.17, 15) is 9.90 Å². The van der Waals surface area contributed by atoms with Crippen molar-refractivity contribution in [3.8, 4) is 11.5 Å². The largest absolute Gasteiger partial charge is 0.504 e. The van der Waals surface area contributed by atoms with Gasteiger partial charge in [-0.25, -0.2) is 0 Å². The van der Waals surface area contributed by atoms with E-state index in [0.29, 0.717) is 30.2 Å². The van der Waals surface area contributed by atoms with Crippen molar-refractivity contribution in [2.45, 2.75) is 19.4 Å². The number of aryl methyl sites for hydroxylation is 1. The molecule has 0 aliphatic carbocycles. The van der Waals surface area contributed by atoms with Crippen molar-refractivity contribution in [3.63, 3.8) is 0 Å². The number of phenols is 1. The Labute approximate surface area is 134 Å². The fourth-order valence-electron chi connectivity index (χ4n) is 2.03. The van der Waals surface area contributed by atoms with E-state index in [2.05, 4.69) is 5.32 Å². The molecule has 22 heavy (non-hydrogen) atoms. The average molecular weight is 320 g/mol. The van der Waals surface area contributed by atoms with Gasteiger partial charge in [0.25, 0.3) is 0 Å². The second-order valence-corrected chi connectivity index (χ2v) is 5.35. The molecule has 4 nitrogen and oxygen atoms in total. The number of methoxy groups -OCH3 is 1. The topological polar surface area (TPSA) is 58.6 Å². The zero-order valence-electron chi connectivity index (χ0n) is 12.3. The zero-order chi connectivity index (χ0) is 15.9. The molecule has 2 aromatic carbocycles.